The SMILES string of the molecule is CN1[C@H](c2ccccc2)[C@H](C(=O)N2CC(n3cccn3)C2)C[C@]1(C)C(=O)O. The molecular weight excluding hydrogens is 344 g/mol. The third kappa shape index (κ3) is 2.82. The second-order valence-electron chi connectivity index (χ2n) is 7.74. The number of nitrogens with zero attached hydrogens (tertiary/aromatic N) is 4. The maximum atomic E-state index is 13.3. The summed E-state index contributed by atoms with van der Waals surface area (Å²) < 4.78 is 1.88. The molecule has 0 bridgehead atoms. The molecule has 2 aliphatic rings. The molecule has 2 aliphatic heterocycles. The van der Waals surface area contributed by atoms with Gasteiger partial charge >= 0.3 is 5.97 Å². The molecule has 2 fully saturated rings. The predicted octanol–water partition coefficient (Wildman–Crippen LogP) is 1.80. The van der Waals surface area contributed by atoms with Crippen molar-refractivity contribution in [1.82, 2.24) is 19.6 Å². The van der Waals surface area contributed by atoms with Crippen molar-refractivity contribution in [2.24, 2.45) is 5.92 Å². The molecule has 4 rings (SSSR count). The number of likely N-dealkylation sites (N-methyl/N-ethyl adjacent to an activating group) is 1. The lowest BCUT2D eigenvalue weighted by Gasteiger charge is -2.41. The minimum absolute atomic E-state index is 0.0316. The normalized spacial score (nSPS) is 28.9. The highest BCUT2D eigenvalue weighted by Crippen LogP contribution is 2.47. The molecule has 2 saturated heterocycles. The maximum Gasteiger partial charge on any atom is 0.323 e. The van der Waals surface area contributed by atoms with Crippen LogP contribution in [0, 0.1) is 5.92 Å². The summed E-state index contributed by atoms with van der Waals surface area (Å²) in [7, 11) is 1.81. The fourth-order valence-corrected chi connectivity index (χ4v) is 4.36. The molecule has 0 unspecified atom stereocenters. The number of aliphatic carboxylic acids is 1. The average molecular weight is 368 g/mol. The number of likely N-dealkylation sites (tertiary alicyclic amines) is 2. The molecule has 0 spiro atoms. The van der Waals surface area contributed by atoms with Crippen molar-refractivity contribution in [3.05, 3.63) is 54.4 Å². The van der Waals surface area contributed by atoms with E-state index in [-0.39, 0.29) is 23.9 Å². The summed E-state index contributed by atoms with van der Waals surface area (Å²) in [6.45, 7) is 2.94. The molecular formula is C20H24N4O3. The molecule has 1 aromatic heterocycles. The second-order valence-corrected chi connectivity index (χ2v) is 7.74. The van der Waals surface area contributed by atoms with Crippen LogP contribution in [-0.4, -0.2) is 62.2 Å². The van der Waals surface area contributed by atoms with Crippen LogP contribution < -0.4 is 0 Å². The number of hydrogen-bond acceptors (Lipinski definition) is 4. The Labute approximate surface area is 158 Å². The van der Waals surface area contributed by atoms with E-state index in [2.05, 4.69) is 5.10 Å². The van der Waals surface area contributed by atoms with Crippen molar-refractivity contribution in [2.75, 3.05) is 20.1 Å². The first-order valence-corrected chi connectivity index (χ1v) is 9.21. The maximum absolute atomic E-state index is 13.3. The highest BCUT2D eigenvalue weighted by molar-refractivity contribution is 5.85. The van der Waals surface area contributed by atoms with Crippen LogP contribution in [0.15, 0.2) is 48.8 Å². The van der Waals surface area contributed by atoms with Gasteiger partial charge in [0.05, 0.1) is 12.0 Å². The van der Waals surface area contributed by atoms with Gasteiger partial charge < -0.3 is 10.0 Å². The fourth-order valence-electron chi connectivity index (χ4n) is 4.36. The number of carbonyl (C=O) groups excluding carboxylic acids is 1. The van der Waals surface area contributed by atoms with Gasteiger partial charge in [0.2, 0.25) is 5.91 Å². The third-order valence-electron chi connectivity index (χ3n) is 6.19. The first-order valence-electron chi connectivity index (χ1n) is 9.21. The Bertz CT molecular complexity index is 832. The van der Waals surface area contributed by atoms with Gasteiger partial charge in [0.15, 0.2) is 0 Å². The lowest BCUT2D eigenvalue weighted by atomic mass is 9.88. The van der Waals surface area contributed by atoms with Gasteiger partial charge in [-0.15, -0.1) is 0 Å². The Balaban J connectivity index is 1.57. The van der Waals surface area contributed by atoms with Crippen LogP contribution in [0.4, 0.5) is 0 Å². The summed E-state index contributed by atoms with van der Waals surface area (Å²) in [5.41, 5.74) is -0.0833. The average Bonchev–Trinajstić information content (AvgIpc) is 3.22. The quantitative estimate of drug-likeness (QED) is 0.890. The number of carboxylic acids is 1. The summed E-state index contributed by atoms with van der Waals surface area (Å²) >= 11 is 0. The highest BCUT2D eigenvalue weighted by atomic mass is 16.4. The number of amides is 1. The lowest BCUT2D eigenvalue weighted by Crippen LogP contribution is -2.53. The van der Waals surface area contributed by atoms with Gasteiger partial charge in [-0.25, -0.2) is 0 Å². The predicted molar refractivity (Wildman–Crippen MR) is 98.9 cm³/mol. The third-order valence-corrected chi connectivity index (χ3v) is 6.19. The summed E-state index contributed by atoms with van der Waals surface area (Å²) in [6.07, 6.45) is 3.95. The molecule has 0 aliphatic carbocycles. The molecule has 2 aromatic rings. The molecule has 7 heteroatoms. The van der Waals surface area contributed by atoms with Gasteiger partial charge in [-0.3, -0.25) is 19.2 Å². The zero-order chi connectivity index (χ0) is 19.2. The Morgan fingerprint density at radius 2 is 1.89 bits per heavy atom. The molecule has 1 N–H and O–H groups in total. The molecule has 0 radical (unpaired) electrons. The topological polar surface area (TPSA) is 78.7 Å². The summed E-state index contributed by atoms with van der Waals surface area (Å²) in [5.74, 6) is -1.24. The number of aromatic nitrogens is 2. The standard InChI is InChI=1S/C20H24N4O3/c1-20(19(26)27)11-16(17(22(20)2)14-7-4-3-5-8-14)18(25)23-12-15(13-23)24-10-6-9-21-24/h3-10,15-17H,11-13H2,1-2H3,(H,26,27)/t16-,17-,20-/m1/s1. The van der Waals surface area contributed by atoms with E-state index >= 15 is 0 Å². The molecule has 142 valence electrons. The molecule has 3 heterocycles. The minimum Gasteiger partial charge on any atom is -0.480 e. The van der Waals surface area contributed by atoms with Crippen LogP contribution in [-0.2, 0) is 9.59 Å². The fraction of sp³-hybridized carbons (Fsp3) is 0.450. The Morgan fingerprint density at radius 1 is 1.19 bits per heavy atom. The van der Waals surface area contributed by atoms with E-state index in [1.165, 1.54) is 0 Å². The van der Waals surface area contributed by atoms with Crippen molar-refractivity contribution >= 4 is 11.9 Å². The van der Waals surface area contributed by atoms with Gasteiger partial charge in [0.25, 0.3) is 0 Å². The van der Waals surface area contributed by atoms with Gasteiger partial charge in [-0.2, -0.15) is 5.10 Å². The Morgan fingerprint density at radius 3 is 2.48 bits per heavy atom. The van der Waals surface area contributed by atoms with Crippen LogP contribution in [0.5, 0.6) is 0 Å². The van der Waals surface area contributed by atoms with Gasteiger partial charge in [0, 0.05) is 31.5 Å². The van der Waals surface area contributed by atoms with Crippen LogP contribution in [0.3, 0.4) is 0 Å². The van der Waals surface area contributed by atoms with Crippen LogP contribution in [0.1, 0.15) is 31.0 Å². The van der Waals surface area contributed by atoms with E-state index in [0.29, 0.717) is 19.5 Å². The van der Waals surface area contributed by atoms with E-state index < -0.39 is 11.5 Å². The van der Waals surface area contributed by atoms with E-state index in [1.54, 1.807) is 13.1 Å². The highest BCUT2D eigenvalue weighted by Gasteiger charge is 2.55. The smallest absolute Gasteiger partial charge is 0.323 e. The van der Waals surface area contributed by atoms with Gasteiger partial charge in [0.1, 0.15) is 5.54 Å². The van der Waals surface area contributed by atoms with Crippen molar-refractivity contribution in [1.29, 1.82) is 0 Å². The van der Waals surface area contributed by atoms with Gasteiger partial charge in [-0.1, -0.05) is 30.3 Å². The van der Waals surface area contributed by atoms with E-state index in [9.17, 15) is 14.7 Å². The molecule has 1 aromatic carbocycles. The minimum atomic E-state index is -1.06. The van der Waals surface area contributed by atoms with Crippen LogP contribution in [0.2, 0.25) is 0 Å². The molecule has 27 heavy (non-hydrogen) atoms. The van der Waals surface area contributed by atoms with Crippen molar-refractivity contribution < 1.29 is 14.7 Å². The Kier molecular flexibility index (Phi) is 4.26. The zero-order valence-corrected chi connectivity index (χ0v) is 15.5. The van der Waals surface area contributed by atoms with Crippen molar-refractivity contribution in [2.45, 2.75) is 31.0 Å². The van der Waals surface area contributed by atoms with Crippen molar-refractivity contribution in [3.8, 4) is 0 Å². The van der Waals surface area contributed by atoms with Gasteiger partial charge in [-0.05, 0) is 32.0 Å². The largest absolute Gasteiger partial charge is 0.480 e. The number of carbonyl (C=O) groups is 2. The molecule has 0 saturated carbocycles. The number of rotatable bonds is 4. The monoisotopic (exact) mass is 368 g/mol. The van der Waals surface area contributed by atoms with Crippen molar-refractivity contribution in [3.63, 3.8) is 0 Å². The first-order chi connectivity index (χ1) is 12.9. The van der Waals surface area contributed by atoms with Crippen LogP contribution >= 0.6 is 0 Å². The molecule has 1 amide bonds. The first kappa shape index (κ1) is 17.7. The Hall–Kier alpha value is -2.67. The summed E-state index contributed by atoms with van der Waals surface area (Å²) in [4.78, 5) is 28.9. The number of carboxylic acid groups (broad SMARTS) is 1. The summed E-state index contributed by atoms with van der Waals surface area (Å²) in [5, 5.41) is 14.0. The molecule has 7 nitrogen and oxygen atoms in total. The molecule has 3 atom stereocenters. The second kappa shape index (κ2) is 6.49. The van der Waals surface area contributed by atoms with E-state index in [0.717, 1.165) is 5.56 Å². The number of benzene rings is 1. The van der Waals surface area contributed by atoms with E-state index in [1.807, 2.05) is 64.1 Å². The van der Waals surface area contributed by atoms with E-state index in [4.69, 9.17) is 0 Å². The zero-order valence-electron chi connectivity index (χ0n) is 15.5. The summed E-state index contributed by atoms with van der Waals surface area (Å²) in [6, 6.07) is 11.6. The lowest BCUT2D eigenvalue weighted by molar-refractivity contribution is -0.148. The van der Waals surface area contributed by atoms with Crippen LogP contribution in [0.25, 0.3) is 0 Å². The number of hydrogen-bond donors (Lipinski definition) is 1.